The number of nitriles is 1. The number of alkyl halides is 1. The van der Waals surface area contributed by atoms with Gasteiger partial charge in [-0.3, -0.25) is 0 Å². The summed E-state index contributed by atoms with van der Waals surface area (Å²) in [7, 11) is 0. The predicted octanol–water partition coefficient (Wildman–Crippen LogP) is 3.40. The van der Waals surface area contributed by atoms with Gasteiger partial charge in [0.05, 0.1) is 11.6 Å². The minimum Gasteiger partial charge on any atom is -0.241 e. The zero-order valence-corrected chi connectivity index (χ0v) is 8.45. The van der Waals surface area contributed by atoms with Crippen molar-refractivity contribution in [2.45, 2.75) is 12.6 Å². The minimum absolute atomic E-state index is 0.0559. The monoisotopic (exact) mass is 217 g/mol. The van der Waals surface area contributed by atoms with Crippen molar-refractivity contribution in [3.63, 3.8) is 0 Å². The Bertz CT molecular complexity index is 509. The van der Waals surface area contributed by atoms with Gasteiger partial charge >= 0.3 is 0 Å². The summed E-state index contributed by atoms with van der Waals surface area (Å²) >= 11 is 0. The van der Waals surface area contributed by atoms with Gasteiger partial charge in [-0.1, -0.05) is 24.3 Å². The molecule has 3 heteroatoms. The molecule has 0 fully saturated rings. The van der Waals surface area contributed by atoms with Crippen molar-refractivity contribution in [1.29, 1.82) is 5.26 Å². The molecule has 1 unspecified atom stereocenters. The molecule has 0 saturated carbocycles. The smallest absolute Gasteiger partial charge is 0.139 e. The van der Waals surface area contributed by atoms with Crippen molar-refractivity contribution in [2.24, 2.45) is 0 Å². The van der Waals surface area contributed by atoms with Crippen LogP contribution in [0.4, 0.5) is 8.78 Å². The lowest BCUT2D eigenvalue weighted by molar-refractivity contribution is 0.393. The molecule has 0 N–H and O–H groups in total. The lowest BCUT2D eigenvalue weighted by Gasteiger charge is -2.15. The molecular formula is C13H9F2N. The van der Waals surface area contributed by atoms with Crippen molar-refractivity contribution >= 4 is 5.57 Å². The Morgan fingerprint density at radius 1 is 1.25 bits per heavy atom. The first-order valence-electron chi connectivity index (χ1n) is 4.92. The normalized spacial score (nSPS) is 19.7. The Morgan fingerprint density at radius 3 is 2.62 bits per heavy atom. The van der Waals surface area contributed by atoms with Crippen LogP contribution in [0.3, 0.4) is 0 Å². The molecule has 0 bridgehead atoms. The van der Waals surface area contributed by atoms with Gasteiger partial charge in [0.1, 0.15) is 12.0 Å². The average molecular weight is 217 g/mol. The highest BCUT2D eigenvalue weighted by molar-refractivity contribution is 5.70. The van der Waals surface area contributed by atoms with Gasteiger partial charge in [0, 0.05) is 12.0 Å². The summed E-state index contributed by atoms with van der Waals surface area (Å²) in [5, 5.41) is 8.61. The summed E-state index contributed by atoms with van der Waals surface area (Å²) in [6.07, 6.45) is 1.74. The largest absolute Gasteiger partial charge is 0.241 e. The van der Waals surface area contributed by atoms with Gasteiger partial charge in [-0.2, -0.15) is 5.26 Å². The summed E-state index contributed by atoms with van der Waals surface area (Å²) in [4.78, 5) is 0. The molecule has 2 rings (SSSR count). The molecule has 0 spiro atoms. The first-order chi connectivity index (χ1) is 7.72. The molecule has 0 radical (unpaired) electrons. The molecule has 0 heterocycles. The number of rotatable bonds is 1. The fourth-order valence-corrected chi connectivity index (χ4v) is 1.69. The van der Waals surface area contributed by atoms with Gasteiger partial charge in [-0.25, -0.2) is 8.78 Å². The Balaban J connectivity index is 2.39. The average Bonchev–Trinajstić information content (AvgIpc) is 2.29. The van der Waals surface area contributed by atoms with Crippen molar-refractivity contribution in [3.05, 3.63) is 53.4 Å². The molecule has 0 aliphatic heterocycles. The highest BCUT2D eigenvalue weighted by Crippen LogP contribution is 2.29. The van der Waals surface area contributed by atoms with Crippen LogP contribution >= 0.6 is 0 Å². The molecule has 16 heavy (non-hydrogen) atoms. The second-order valence-electron chi connectivity index (χ2n) is 3.58. The van der Waals surface area contributed by atoms with E-state index in [0.29, 0.717) is 11.1 Å². The minimum atomic E-state index is -1.33. The molecule has 0 aromatic heterocycles. The molecule has 1 atom stereocenters. The van der Waals surface area contributed by atoms with Gasteiger partial charge < -0.3 is 0 Å². The van der Waals surface area contributed by atoms with Crippen molar-refractivity contribution in [3.8, 4) is 6.07 Å². The first kappa shape index (κ1) is 10.6. The number of halogens is 2. The van der Waals surface area contributed by atoms with Gasteiger partial charge in [0.2, 0.25) is 0 Å². The molecule has 0 saturated heterocycles. The van der Waals surface area contributed by atoms with E-state index in [1.165, 1.54) is 12.1 Å². The Hall–Kier alpha value is -1.95. The molecule has 1 aliphatic rings. The van der Waals surface area contributed by atoms with Crippen LogP contribution < -0.4 is 0 Å². The van der Waals surface area contributed by atoms with Crippen LogP contribution in [0.5, 0.6) is 0 Å². The van der Waals surface area contributed by atoms with Crippen molar-refractivity contribution in [2.75, 3.05) is 0 Å². The Labute approximate surface area is 92.3 Å². The topological polar surface area (TPSA) is 23.8 Å². The zero-order valence-electron chi connectivity index (χ0n) is 8.45. The third kappa shape index (κ3) is 1.87. The van der Waals surface area contributed by atoms with Crippen LogP contribution in [0, 0.1) is 17.1 Å². The SMILES string of the molecule is N#CC1=CC=C(c2ccccc2F)CC1F. The molecule has 1 aromatic rings. The summed E-state index contributed by atoms with van der Waals surface area (Å²) < 4.78 is 26.9. The predicted molar refractivity (Wildman–Crippen MR) is 57.6 cm³/mol. The third-order valence-electron chi connectivity index (χ3n) is 2.55. The second kappa shape index (κ2) is 4.28. The van der Waals surface area contributed by atoms with E-state index in [4.69, 9.17) is 5.26 Å². The maximum Gasteiger partial charge on any atom is 0.139 e. The molecule has 80 valence electrons. The maximum atomic E-state index is 13.5. The lowest BCUT2D eigenvalue weighted by Crippen LogP contribution is -2.08. The fraction of sp³-hybridized carbons (Fsp3) is 0.154. The highest BCUT2D eigenvalue weighted by atomic mass is 19.1. The summed E-state index contributed by atoms with van der Waals surface area (Å²) in [6, 6.07) is 8.03. The Morgan fingerprint density at radius 2 is 2.00 bits per heavy atom. The first-order valence-corrected chi connectivity index (χ1v) is 4.92. The Kier molecular flexibility index (Phi) is 2.82. The van der Waals surface area contributed by atoms with Gasteiger partial charge in [-0.05, 0) is 17.7 Å². The van der Waals surface area contributed by atoms with E-state index >= 15 is 0 Å². The molecule has 1 nitrogen and oxygen atoms in total. The fourth-order valence-electron chi connectivity index (χ4n) is 1.69. The van der Waals surface area contributed by atoms with Crippen LogP contribution in [0.2, 0.25) is 0 Å². The standard InChI is InChI=1S/C13H9F2N/c14-12-4-2-1-3-11(12)9-5-6-10(8-16)13(15)7-9/h1-6,13H,7H2. The number of hydrogen-bond acceptors (Lipinski definition) is 1. The van der Waals surface area contributed by atoms with Gasteiger partial charge in [0.15, 0.2) is 0 Å². The van der Waals surface area contributed by atoms with Gasteiger partial charge in [0.25, 0.3) is 0 Å². The summed E-state index contributed by atoms with van der Waals surface area (Å²) in [5.74, 6) is -0.366. The quantitative estimate of drug-likeness (QED) is 0.707. The van der Waals surface area contributed by atoms with Crippen LogP contribution in [-0.4, -0.2) is 6.17 Å². The van der Waals surface area contributed by atoms with E-state index in [0.717, 1.165) is 0 Å². The lowest BCUT2D eigenvalue weighted by atomic mass is 9.92. The summed E-state index contributed by atoms with van der Waals surface area (Å²) in [6.45, 7) is 0. The molecular weight excluding hydrogens is 208 g/mol. The number of nitrogens with zero attached hydrogens (tertiary/aromatic N) is 1. The summed E-state index contributed by atoms with van der Waals surface area (Å²) in [5.41, 5.74) is 1.09. The van der Waals surface area contributed by atoms with Crippen molar-refractivity contribution < 1.29 is 8.78 Å². The zero-order chi connectivity index (χ0) is 11.5. The van der Waals surface area contributed by atoms with E-state index in [-0.39, 0.29) is 17.8 Å². The number of allylic oxidation sites excluding steroid dienone is 4. The van der Waals surface area contributed by atoms with E-state index < -0.39 is 6.17 Å². The van der Waals surface area contributed by atoms with Crippen LogP contribution in [-0.2, 0) is 0 Å². The second-order valence-corrected chi connectivity index (χ2v) is 3.58. The maximum absolute atomic E-state index is 13.5. The third-order valence-corrected chi connectivity index (χ3v) is 2.55. The number of hydrogen-bond donors (Lipinski definition) is 0. The van der Waals surface area contributed by atoms with E-state index in [2.05, 4.69) is 0 Å². The van der Waals surface area contributed by atoms with Gasteiger partial charge in [-0.15, -0.1) is 0 Å². The highest BCUT2D eigenvalue weighted by Gasteiger charge is 2.20. The van der Waals surface area contributed by atoms with Crippen LogP contribution in [0.15, 0.2) is 42.0 Å². The van der Waals surface area contributed by atoms with Crippen LogP contribution in [0.25, 0.3) is 5.57 Å². The molecule has 1 aromatic carbocycles. The molecule has 1 aliphatic carbocycles. The van der Waals surface area contributed by atoms with E-state index in [9.17, 15) is 8.78 Å². The van der Waals surface area contributed by atoms with E-state index in [1.54, 1.807) is 30.3 Å². The molecule has 0 amide bonds. The van der Waals surface area contributed by atoms with Crippen LogP contribution in [0.1, 0.15) is 12.0 Å². The van der Waals surface area contributed by atoms with E-state index in [1.807, 2.05) is 0 Å². The van der Waals surface area contributed by atoms with Crippen molar-refractivity contribution in [1.82, 2.24) is 0 Å². The number of benzene rings is 1.